The zero-order chi connectivity index (χ0) is 31.9. The normalized spacial score (nSPS) is 12.0. The summed E-state index contributed by atoms with van der Waals surface area (Å²) < 4.78 is 29.3. The van der Waals surface area contributed by atoms with Crippen molar-refractivity contribution in [2.45, 2.75) is 50.7 Å². The Morgan fingerprint density at radius 3 is 1.95 bits per heavy atom. The van der Waals surface area contributed by atoms with E-state index < -0.39 is 28.5 Å². The summed E-state index contributed by atoms with van der Waals surface area (Å²) in [5.41, 5.74) is 2.30. The van der Waals surface area contributed by atoms with Gasteiger partial charge in [0.15, 0.2) is 0 Å². The number of hydrogen-bond donors (Lipinski definition) is 1. The molecule has 0 spiro atoms. The van der Waals surface area contributed by atoms with Crippen molar-refractivity contribution in [3.05, 3.63) is 130 Å². The van der Waals surface area contributed by atoms with Crippen molar-refractivity contribution in [3.8, 4) is 0 Å². The van der Waals surface area contributed by atoms with Crippen molar-refractivity contribution in [2.75, 3.05) is 10.8 Å². The number of rotatable bonds is 12. The first-order chi connectivity index (χ1) is 21.0. The molecule has 0 aliphatic carbocycles. The van der Waals surface area contributed by atoms with Gasteiger partial charge in [0.05, 0.1) is 10.6 Å². The Hall–Kier alpha value is -3.85. The molecule has 4 rings (SSSR count). The summed E-state index contributed by atoms with van der Waals surface area (Å²) >= 11 is 13.1. The minimum Gasteiger partial charge on any atom is -0.352 e. The Morgan fingerprint density at radius 1 is 0.795 bits per heavy atom. The summed E-state index contributed by atoms with van der Waals surface area (Å²) in [5, 5.41) is 3.58. The zero-order valence-corrected chi connectivity index (χ0v) is 27.1. The summed E-state index contributed by atoms with van der Waals surface area (Å²) in [7, 11) is -4.19. The number of nitrogens with one attached hydrogen (secondary N) is 1. The van der Waals surface area contributed by atoms with Gasteiger partial charge in [0.1, 0.15) is 12.6 Å². The van der Waals surface area contributed by atoms with Gasteiger partial charge in [-0.2, -0.15) is 0 Å². The van der Waals surface area contributed by atoms with Crippen LogP contribution in [0.3, 0.4) is 0 Å². The van der Waals surface area contributed by atoms with E-state index in [1.165, 1.54) is 17.0 Å². The standard InChI is InChI=1S/C34H35Cl2N3O4S/c1-24(2)37-34(41)32(21-26-14-6-4-7-15-26)38(22-28-29(35)18-12-19-30(28)36)33(40)23-39(31-20-11-10-13-25(31)3)44(42,43)27-16-8-5-9-17-27/h4-20,24,32H,21-23H2,1-3H3,(H,37,41)/t32-/m1/s1. The van der Waals surface area contributed by atoms with Gasteiger partial charge in [-0.15, -0.1) is 0 Å². The maximum atomic E-state index is 14.5. The molecule has 44 heavy (non-hydrogen) atoms. The number of para-hydroxylation sites is 1. The molecule has 0 bridgehead atoms. The molecule has 0 aliphatic heterocycles. The van der Waals surface area contributed by atoms with Gasteiger partial charge in [0.25, 0.3) is 10.0 Å². The Morgan fingerprint density at radius 2 is 1.36 bits per heavy atom. The van der Waals surface area contributed by atoms with Gasteiger partial charge in [-0.05, 0) is 62.2 Å². The molecule has 0 saturated carbocycles. The van der Waals surface area contributed by atoms with Crippen molar-refractivity contribution in [2.24, 2.45) is 0 Å². The van der Waals surface area contributed by atoms with E-state index in [4.69, 9.17) is 23.2 Å². The predicted molar refractivity (Wildman–Crippen MR) is 176 cm³/mol. The van der Waals surface area contributed by atoms with Crippen LogP contribution in [0, 0.1) is 6.92 Å². The molecular weight excluding hydrogens is 617 g/mol. The van der Waals surface area contributed by atoms with Crippen LogP contribution in [0.4, 0.5) is 5.69 Å². The summed E-state index contributed by atoms with van der Waals surface area (Å²) in [5.74, 6) is -0.975. The number of hydrogen-bond acceptors (Lipinski definition) is 4. The van der Waals surface area contributed by atoms with Crippen LogP contribution in [-0.4, -0.2) is 43.8 Å². The monoisotopic (exact) mass is 651 g/mol. The van der Waals surface area contributed by atoms with Gasteiger partial charge < -0.3 is 10.2 Å². The van der Waals surface area contributed by atoms with Crippen LogP contribution in [0.1, 0.15) is 30.5 Å². The molecule has 1 atom stereocenters. The van der Waals surface area contributed by atoms with E-state index in [2.05, 4.69) is 5.32 Å². The van der Waals surface area contributed by atoms with Crippen molar-refractivity contribution in [1.82, 2.24) is 10.2 Å². The van der Waals surface area contributed by atoms with Crippen LogP contribution in [0.15, 0.2) is 108 Å². The molecular formula is C34H35Cl2N3O4S. The average molecular weight is 653 g/mol. The minimum absolute atomic E-state index is 0.0372. The summed E-state index contributed by atoms with van der Waals surface area (Å²) in [6.07, 6.45) is 0.184. The van der Waals surface area contributed by atoms with E-state index in [0.29, 0.717) is 26.9 Å². The third-order valence-electron chi connectivity index (χ3n) is 7.09. The van der Waals surface area contributed by atoms with Crippen molar-refractivity contribution < 1.29 is 18.0 Å². The highest BCUT2D eigenvalue weighted by atomic mass is 35.5. The van der Waals surface area contributed by atoms with E-state index in [1.54, 1.807) is 67.6 Å². The molecule has 0 aliphatic rings. The molecule has 0 radical (unpaired) electrons. The number of anilines is 1. The topological polar surface area (TPSA) is 86.8 Å². The van der Waals surface area contributed by atoms with E-state index in [0.717, 1.165) is 9.87 Å². The first kappa shape index (κ1) is 33.1. The van der Waals surface area contributed by atoms with Crippen LogP contribution in [-0.2, 0) is 32.6 Å². The van der Waals surface area contributed by atoms with Crippen molar-refractivity contribution in [1.29, 1.82) is 0 Å². The molecule has 4 aromatic carbocycles. The number of halogens is 2. The lowest BCUT2D eigenvalue weighted by atomic mass is 10.0. The third kappa shape index (κ3) is 8.00. The highest BCUT2D eigenvalue weighted by molar-refractivity contribution is 7.92. The molecule has 10 heteroatoms. The fourth-order valence-corrected chi connectivity index (χ4v) is 6.88. The first-order valence-corrected chi connectivity index (χ1v) is 16.4. The van der Waals surface area contributed by atoms with Gasteiger partial charge in [-0.3, -0.25) is 13.9 Å². The highest BCUT2D eigenvalue weighted by Crippen LogP contribution is 2.30. The van der Waals surface area contributed by atoms with Crippen molar-refractivity contribution >= 4 is 50.7 Å². The number of benzene rings is 4. The predicted octanol–water partition coefficient (Wildman–Crippen LogP) is 6.66. The lowest BCUT2D eigenvalue weighted by molar-refractivity contribution is -0.140. The molecule has 0 saturated heterocycles. The summed E-state index contributed by atoms with van der Waals surface area (Å²) in [6.45, 7) is 4.77. The smallest absolute Gasteiger partial charge is 0.264 e. The van der Waals surface area contributed by atoms with E-state index in [1.807, 2.05) is 44.2 Å². The second-order valence-corrected chi connectivity index (χ2v) is 13.4. The molecule has 0 aromatic heterocycles. The van der Waals surface area contributed by atoms with Gasteiger partial charge in [-0.1, -0.05) is 96.0 Å². The second kappa shape index (κ2) is 14.8. The number of amides is 2. The lowest BCUT2D eigenvalue weighted by Gasteiger charge is -2.34. The third-order valence-corrected chi connectivity index (χ3v) is 9.57. The Balaban J connectivity index is 1.84. The van der Waals surface area contributed by atoms with E-state index >= 15 is 0 Å². The van der Waals surface area contributed by atoms with Crippen molar-refractivity contribution in [3.63, 3.8) is 0 Å². The van der Waals surface area contributed by atoms with E-state index in [9.17, 15) is 18.0 Å². The van der Waals surface area contributed by atoms with Gasteiger partial charge >= 0.3 is 0 Å². The molecule has 4 aromatic rings. The summed E-state index contributed by atoms with van der Waals surface area (Å²) in [4.78, 5) is 29.7. The van der Waals surface area contributed by atoms with Crippen LogP contribution in [0.5, 0.6) is 0 Å². The molecule has 1 N–H and O–H groups in total. The van der Waals surface area contributed by atoms with Gasteiger partial charge in [-0.25, -0.2) is 8.42 Å². The second-order valence-electron chi connectivity index (χ2n) is 10.7. The molecule has 0 unspecified atom stereocenters. The zero-order valence-electron chi connectivity index (χ0n) is 24.8. The molecule has 0 heterocycles. The number of carbonyl (C=O) groups is 2. The Labute approximate surface area is 269 Å². The molecule has 0 fully saturated rings. The molecule has 230 valence electrons. The Kier molecular flexibility index (Phi) is 11.1. The average Bonchev–Trinajstić information content (AvgIpc) is 3.00. The van der Waals surface area contributed by atoms with Crippen LogP contribution in [0.2, 0.25) is 10.0 Å². The number of carbonyl (C=O) groups excluding carboxylic acids is 2. The number of sulfonamides is 1. The van der Waals surface area contributed by atoms with Gasteiger partial charge in [0.2, 0.25) is 11.8 Å². The first-order valence-electron chi connectivity index (χ1n) is 14.2. The Bertz CT molecular complexity index is 1680. The number of aryl methyl sites for hydroxylation is 1. The van der Waals surface area contributed by atoms with Crippen LogP contribution >= 0.6 is 23.2 Å². The fourth-order valence-electron chi connectivity index (χ4n) is 4.86. The molecule has 7 nitrogen and oxygen atoms in total. The maximum Gasteiger partial charge on any atom is 0.264 e. The quantitative estimate of drug-likeness (QED) is 0.186. The summed E-state index contributed by atoms with van der Waals surface area (Å²) in [6, 6.07) is 28.0. The van der Waals surface area contributed by atoms with Crippen LogP contribution < -0.4 is 9.62 Å². The highest BCUT2D eigenvalue weighted by Gasteiger charge is 2.35. The minimum atomic E-state index is -4.19. The van der Waals surface area contributed by atoms with Crippen LogP contribution in [0.25, 0.3) is 0 Å². The SMILES string of the molecule is Cc1ccccc1N(CC(=O)N(Cc1c(Cl)cccc1Cl)[C@H](Cc1ccccc1)C(=O)NC(C)C)S(=O)(=O)c1ccccc1. The lowest BCUT2D eigenvalue weighted by Crippen LogP contribution is -2.54. The molecule has 2 amide bonds. The fraction of sp³-hybridized carbons (Fsp3) is 0.235. The van der Waals surface area contributed by atoms with E-state index in [-0.39, 0.29) is 29.8 Å². The van der Waals surface area contributed by atoms with Gasteiger partial charge in [0, 0.05) is 34.6 Å². The largest absolute Gasteiger partial charge is 0.352 e. The maximum absolute atomic E-state index is 14.5. The number of nitrogens with zero attached hydrogens (tertiary/aromatic N) is 2.